The molecule has 2 rings (SSSR count). The van der Waals surface area contributed by atoms with Gasteiger partial charge in [0.1, 0.15) is 5.82 Å². The van der Waals surface area contributed by atoms with Gasteiger partial charge < -0.3 is 4.90 Å². The molecule has 0 fully saturated rings. The van der Waals surface area contributed by atoms with Gasteiger partial charge >= 0.3 is 0 Å². The van der Waals surface area contributed by atoms with Gasteiger partial charge in [0.05, 0.1) is 12.0 Å². The van der Waals surface area contributed by atoms with Gasteiger partial charge in [0.15, 0.2) is 0 Å². The Bertz CT molecular complexity index is 900. The minimum atomic E-state index is -3.88. The van der Waals surface area contributed by atoms with Crippen LogP contribution in [-0.4, -0.2) is 44.9 Å². The second-order valence-electron chi connectivity index (χ2n) is 5.49. The van der Waals surface area contributed by atoms with Gasteiger partial charge in [-0.1, -0.05) is 28.2 Å². The zero-order valence-electron chi connectivity index (χ0n) is 14.4. The summed E-state index contributed by atoms with van der Waals surface area (Å²) in [5.74, 6) is -0.989. The van der Waals surface area contributed by atoms with Crippen LogP contribution in [0, 0.1) is 5.82 Å². The number of hydrogen-bond acceptors (Lipinski definition) is 4. The van der Waals surface area contributed by atoms with Gasteiger partial charge in [0.2, 0.25) is 0 Å². The number of carbonyl (C=O) groups is 1. The third-order valence-corrected chi connectivity index (χ3v) is 5.81. The second kappa shape index (κ2) is 8.13. The number of benzene rings is 2. The first-order valence-electron chi connectivity index (χ1n) is 7.50. The lowest BCUT2D eigenvalue weighted by Crippen LogP contribution is -2.28. The van der Waals surface area contributed by atoms with Crippen molar-refractivity contribution < 1.29 is 22.4 Å². The average molecular weight is 401 g/mol. The van der Waals surface area contributed by atoms with E-state index in [1.807, 2.05) is 0 Å². The van der Waals surface area contributed by atoms with Crippen LogP contribution in [0.15, 0.2) is 47.4 Å². The summed E-state index contributed by atoms with van der Waals surface area (Å²) >= 11 is 5.98. The molecule has 140 valence electrons. The quantitative estimate of drug-likeness (QED) is 0.699. The maximum Gasteiger partial charge on any atom is 0.264 e. The van der Waals surface area contributed by atoms with E-state index in [0.29, 0.717) is 4.47 Å². The van der Waals surface area contributed by atoms with Gasteiger partial charge in [-0.25, -0.2) is 12.8 Å². The highest BCUT2D eigenvalue weighted by molar-refractivity contribution is 7.89. The van der Waals surface area contributed by atoms with Crippen LogP contribution >= 0.6 is 11.6 Å². The highest BCUT2D eigenvalue weighted by Crippen LogP contribution is 2.22. The molecule has 26 heavy (non-hydrogen) atoms. The lowest BCUT2D eigenvalue weighted by atomic mass is 10.1. The second-order valence-corrected chi connectivity index (χ2v) is 7.83. The summed E-state index contributed by atoms with van der Waals surface area (Å²) in [6.45, 7) is -0.0563. The Labute approximate surface area is 156 Å². The summed E-state index contributed by atoms with van der Waals surface area (Å²) in [4.78, 5) is 18.5. The number of sulfonamides is 1. The third-order valence-electron chi connectivity index (χ3n) is 3.78. The van der Waals surface area contributed by atoms with Crippen molar-refractivity contribution in [3.05, 3.63) is 64.4 Å². The molecule has 0 unspecified atom stereocenters. The standard InChI is InChI=1S/C17H18ClFN2O4S/c1-20(11-14-15(18)8-5-9-16(14)19)17(22)12-6-4-7-13(10-12)26(23,24)21(2)25-3/h4-10H,11H2,1-3H3. The largest absolute Gasteiger partial charge is 0.337 e. The van der Waals surface area contributed by atoms with Crippen molar-refractivity contribution in [3.63, 3.8) is 0 Å². The minimum absolute atomic E-state index is 0.0563. The van der Waals surface area contributed by atoms with E-state index in [9.17, 15) is 17.6 Å². The lowest BCUT2D eigenvalue weighted by molar-refractivity contribution is -0.0258. The fraction of sp³-hybridized carbons (Fsp3) is 0.235. The Hall–Kier alpha value is -2.00. The van der Waals surface area contributed by atoms with Crippen LogP contribution < -0.4 is 0 Å². The summed E-state index contributed by atoms with van der Waals surface area (Å²) in [5.41, 5.74) is 0.332. The predicted octanol–water partition coefficient (Wildman–Crippen LogP) is 2.93. The topological polar surface area (TPSA) is 66.9 Å². The van der Waals surface area contributed by atoms with Crippen molar-refractivity contribution in [1.29, 1.82) is 0 Å². The monoisotopic (exact) mass is 400 g/mol. The van der Waals surface area contributed by atoms with Gasteiger partial charge in [-0.3, -0.25) is 9.63 Å². The molecule has 0 saturated heterocycles. The molecular weight excluding hydrogens is 383 g/mol. The zero-order valence-corrected chi connectivity index (χ0v) is 16.0. The average Bonchev–Trinajstić information content (AvgIpc) is 2.63. The third kappa shape index (κ3) is 4.21. The molecule has 9 heteroatoms. The molecule has 0 aliphatic carbocycles. The van der Waals surface area contributed by atoms with Gasteiger partial charge in [-0.15, -0.1) is 0 Å². The Morgan fingerprint density at radius 1 is 1.19 bits per heavy atom. The first kappa shape index (κ1) is 20.3. The zero-order chi connectivity index (χ0) is 19.5. The number of amides is 1. The van der Waals surface area contributed by atoms with Crippen LogP contribution in [0.4, 0.5) is 4.39 Å². The van der Waals surface area contributed by atoms with Crippen molar-refractivity contribution in [2.75, 3.05) is 21.2 Å². The van der Waals surface area contributed by atoms with Gasteiger partial charge in [0, 0.05) is 36.8 Å². The molecular formula is C17H18ClFN2O4S. The summed E-state index contributed by atoms with van der Waals surface area (Å²) in [7, 11) is 0.0628. The Morgan fingerprint density at radius 2 is 1.85 bits per heavy atom. The van der Waals surface area contributed by atoms with Gasteiger partial charge in [-0.05, 0) is 30.3 Å². The Morgan fingerprint density at radius 3 is 2.46 bits per heavy atom. The van der Waals surface area contributed by atoms with E-state index >= 15 is 0 Å². The molecule has 0 radical (unpaired) electrons. The molecule has 1 amide bonds. The van der Waals surface area contributed by atoms with E-state index in [-0.39, 0.29) is 27.6 Å². The molecule has 0 aliphatic heterocycles. The Balaban J connectivity index is 2.29. The molecule has 0 N–H and O–H groups in total. The fourth-order valence-electron chi connectivity index (χ4n) is 2.25. The molecule has 0 spiro atoms. The minimum Gasteiger partial charge on any atom is -0.337 e. The van der Waals surface area contributed by atoms with Crippen molar-refractivity contribution >= 4 is 27.5 Å². The maximum absolute atomic E-state index is 13.9. The van der Waals surface area contributed by atoms with E-state index < -0.39 is 21.7 Å². The number of rotatable bonds is 6. The SMILES string of the molecule is CON(C)S(=O)(=O)c1cccc(C(=O)N(C)Cc2c(F)cccc2Cl)c1. The molecule has 0 bridgehead atoms. The van der Waals surface area contributed by atoms with E-state index in [4.69, 9.17) is 16.4 Å². The van der Waals surface area contributed by atoms with Crippen LogP contribution in [0.5, 0.6) is 0 Å². The van der Waals surface area contributed by atoms with E-state index in [1.54, 1.807) is 0 Å². The maximum atomic E-state index is 13.9. The fourth-order valence-corrected chi connectivity index (χ4v) is 3.49. The smallest absolute Gasteiger partial charge is 0.264 e. The highest BCUT2D eigenvalue weighted by atomic mass is 35.5. The number of hydroxylamine groups is 1. The van der Waals surface area contributed by atoms with Crippen molar-refractivity contribution in [2.24, 2.45) is 0 Å². The predicted molar refractivity (Wildman–Crippen MR) is 95.6 cm³/mol. The highest BCUT2D eigenvalue weighted by Gasteiger charge is 2.23. The normalized spacial score (nSPS) is 11.6. The van der Waals surface area contributed by atoms with Crippen LogP contribution in [0.2, 0.25) is 5.02 Å². The molecule has 0 heterocycles. The summed E-state index contributed by atoms with van der Waals surface area (Å²) in [6, 6.07) is 9.80. The first-order chi connectivity index (χ1) is 12.2. The molecule has 2 aromatic carbocycles. The summed E-state index contributed by atoms with van der Waals surface area (Å²) < 4.78 is 39.2. The first-order valence-corrected chi connectivity index (χ1v) is 9.31. The molecule has 0 aromatic heterocycles. The Kier molecular flexibility index (Phi) is 6.35. The van der Waals surface area contributed by atoms with Gasteiger partial charge in [0.25, 0.3) is 15.9 Å². The van der Waals surface area contributed by atoms with Crippen molar-refractivity contribution in [2.45, 2.75) is 11.4 Å². The van der Waals surface area contributed by atoms with Crippen LogP contribution in [0.1, 0.15) is 15.9 Å². The van der Waals surface area contributed by atoms with Crippen molar-refractivity contribution in [3.8, 4) is 0 Å². The molecule has 2 aromatic rings. The summed E-state index contributed by atoms with van der Waals surface area (Å²) in [6.07, 6.45) is 0. The number of hydrogen-bond donors (Lipinski definition) is 0. The molecule has 0 saturated carbocycles. The van der Waals surface area contributed by atoms with Crippen LogP contribution in [0.3, 0.4) is 0 Å². The molecule has 0 atom stereocenters. The lowest BCUT2D eigenvalue weighted by Gasteiger charge is -2.19. The van der Waals surface area contributed by atoms with E-state index in [0.717, 1.165) is 0 Å². The number of carbonyl (C=O) groups excluding carboxylic acids is 1. The number of halogens is 2. The van der Waals surface area contributed by atoms with Crippen LogP contribution in [-0.2, 0) is 21.4 Å². The van der Waals surface area contributed by atoms with E-state index in [1.165, 1.54) is 68.6 Å². The van der Waals surface area contributed by atoms with Crippen LogP contribution in [0.25, 0.3) is 0 Å². The molecule has 0 aliphatic rings. The summed E-state index contributed by atoms with van der Waals surface area (Å²) in [5, 5.41) is 0.211. The number of nitrogens with zero attached hydrogens (tertiary/aromatic N) is 2. The van der Waals surface area contributed by atoms with E-state index in [2.05, 4.69) is 0 Å². The van der Waals surface area contributed by atoms with Crippen molar-refractivity contribution in [1.82, 2.24) is 9.37 Å². The molecule has 6 nitrogen and oxygen atoms in total. The van der Waals surface area contributed by atoms with Gasteiger partial charge in [-0.2, -0.15) is 0 Å².